The average Bonchev–Trinajstić information content (AvgIpc) is 3.52. The van der Waals surface area contributed by atoms with E-state index in [0.29, 0.717) is 30.6 Å². The molecule has 0 atom stereocenters. The second kappa shape index (κ2) is 9.09. The van der Waals surface area contributed by atoms with Crippen LogP contribution in [0.3, 0.4) is 0 Å². The third-order valence-corrected chi connectivity index (χ3v) is 5.05. The number of aromatic nitrogens is 2. The van der Waals surface area contributed by atoms with Gasteiger partial charge in [0.2, 0.25) is 5.95 Å². The number of para-hydroxylation sites is 2. The number of nitrogens with one attached hydrogen (secondary N) is 1. The fourth-order valence-corrected chi connectivity index (χ4v) is 3.24. The van der Waals surface area contributed by atoms with Crippen LogP contribution in [0.1, 0.15) is 36.5 Å². The quantitative estimate of drug-likeness (QED) is 0.515. The summed E-state index contributed by atoms with van der Waals surface area (Å²) in [6, 6.07) is 15.2. The van der Waals surface area contributed by atoms with Gasteiger partial charge in [-0.3, -0.25) is 10.1 Å². The van der Waals surface area contributed by atoms with Crippen molar-refractivity contribution in [2.24, 2.45) is 5.92 Å². The minimum atomic E-state index is -0.180. The first kappa shape index (κ1) is 19.5. The summed E-state index contributed by atoms with van der Waals surface area (Å²) in [5.41, 5.74) is 2.45. The van der Waals surface area contributed by atoms with Crippen molar-refractivity contribution < 1.29 is 14.3 Å². The summed E-state index contributed by atoms with van der Waals surface area (Å²) >= 11 is 0. The van der Waals surface area contributed by atoms with E-state index in [9.17, 15) is 4.79 Å². The molecule has 6 heteroatoms. The summed E-state index contributed by atoms with van der Waals surface area (Å²) in [5.74, 6) is 1.88. The summed E-state index contributed by atoms with van der Waals surface area (Å²) in [6.07, 6.45) is 3.36. The maximum atomic E-state index is 12.8. The van der Waals surface area contributed by atoms with Gasteiger partial charge in [0.1, 0.15) is 5.75 Å². The lowest BCUT2D eigenvalue weighted by Crippen LogP contribution is -2.16. The van der Waals surface area contributed by atoms with Crippen LogP contribution in [0.15, 0.2) is 48.5 Å². The third-order valence-electron chi connectivity index (χ3n) is 5.05. The lowest BCUT2D eigenvalue weighted by atomic mass is 10.2. The predicted molar refractivity (Wildman–Crippen MR) is 113 cm³/mol. The molecular formula is C23H27N3O3. The SMILES string of the molecule is CCOCCCn1c(NC(=O)c2ccc(OCC3CC3)cc2)nc2ccccc21. The molecule has 0 radical (unpaired) electrons. The molecule has 4 rings (SSSR count). The maximum Gasteiger partial charge on any atom is 0.257 e. The Hall–Kier alpha value is -2.86. The normalized spacial score (nSPS) is 13.6. The van der Waals surface area contributed by atoms with Crippen LogP contribution in [-0.4, -0.2) is 35.3 Å². The summed E-state index contributed by atoms with van der Waals surface area (Å²) in [5, 5.41) is 2.97. The highest BCUT2D eigenvalue weighted by Gasteiger charge is 2.22. The lowest BCUT2D eigenvalue weighted by molar-refractivity contribution is 0.102. The highest BCUT2D eigenvalue weighted by Crippen LogP contribution is 2.29. The van der Waals surface area contributed by atoms with E-state index in [1.165, 1.54) is 12.8 Å². The van der Waals surface area contributed by atoms with Gasteiger partial charge >= 0.3 is 0 Å². The molecule has 1 aliphatic carbocycles. The molecule has 0 unspecified atom stereocenters. The van der Waals surface area contributed by atoms with E-state index in [-0.39, 0.29) is 5.91 Å². The average molecular weight is 393 g/mol. The zero-order valence-corrected chi connectivity index (χ0v) is 16.8. The van der Waals surface area contributed by atoms with E-state index >= 15 is 0 Å². The molecule has 2 aromatic carbocycles. The number of fused-ring (bicyclic) bond motifs is 1. The summed E-state index contributed by atoms with van der Waals surface area (Å²) in [4.78, 5) is 17.4. The molecule has 1 amide bonds. The molecule has 0 bridgehead atoms. The highest BCUT2D eigenvalue weighted by molar-refractivity contribution is 6.04. The number of hydrogen-bond donors (Lipinski definition) is 1. The van der Waals surface area contributed by atoms with Gasteiger partial charge in [-0.05, 0) is 68.5 Å². The van der Waals surface area contributed by atoms with E-state index in [0.717, 1.165) is 36.4 Å². The van der Waals surface area contributed by atoms with Gasteiger partial charge < -0.3 is 14.0 Å². The van der Waals surface area contributed by atoms with Crippen LogP contribution >= 0.6 is 0 Å². The Morgan fingerprint density at radius 1 is 1.17 bits per heavy atom. The van der Waals surface area contributed by atoms with E-state index in [1.54, 1.807) is 12.1 Å². The van der Waals surface area contributed by atoms with Gasteiger partial charge in [0.15, 0.2) is 0 Å². The van der Waals surface area contributed by atoms with Crippen molar-refractivity contribution in [2.45, 2.75) is 32.7 Å². The second-order valence-corrected chi connectivity index (χ2v) is 7.36. The molecule has 0 aliphatic heterocycles. The number of amides is 1. The molecule has 29 heavy (non-hydrogen) atoms. The standard InChI is InChI=1S/C23H27N3O3/c1-2-28-15-5-14-26-21-7-4-3-6-20(21)24-23(26)25-22(27)18-10-12-19(13-11-18)29-16-17-8-9-17/h3-4,6-7,10-13,17H,2,5,8-9,14-16H2,1H3,(H,24,25,27). The zero-order chi connectivity index (χ0) is 20.1. The van der Waals surface area contributed by atoms with Gasteiger partial charge in [-0.1, -0.05) is 12.1 Å². The number of imidazole rings is 1. The molecule has 1 fully saturated rings. The van der Waals surface area contributed by atoms with Crippen molar-refractivity contribution in [1.82, 2.24) is 9.55 Å². The number of rotatable bonds is 10. The molecule has 152 valence electrons. The van der Waals surface area contributed by atoms with Crippen molar-refractivity contribution in [3.05, 3.63) is 54.1 Å². The third kappa shape index (κ3) is 4.95. The first-order valence-electron chi connectivity index (χ1n) is 10.3. The molecule has 1 aliphatic rings. The van der Waals surface area contributed by atoms with Gasteiger partial charge in [0.25, 0.3) is 5.91 Å². The number of benzene rings is 2. The van der Waals surface area contributed by atoms with Crippen LogP contribution < -0.4 is 10.1 Å². The van der Waals surface area contributed by atoms with E-state index in [1.807, 2.05) is 47.9 Å². The Morgan fingerprint density at radius 2 is 1.97 bits per heavy atom. The van der Waals surface area contributed by atoms with Crippen molar-refractivity contribution in [3.8, 4) is 5.75 Å². The minimum Gasteiger partial charge on any atom is -0.493 e. The Kier molecular flexibility index (Phi) is 6.10. The van der Waals surface area contributed by atoms with Crippen LogP contribution in [0.2, 0.25) is 0 Å². The molecule has 0 saturated heterocycles. The monoisotopic (exact) mass is 393 g/mol. The van der Waals surface area contributed by atoms with E-state index in [4.69, 9.17) is 9.47 Å². The number of hydrogen-bond acceptors (Lipinski definition) is 4. The summed E-state index contributed by atoms with van der Waals surface area (Å²) in [7, 11) is 0. The molecule has 1 aromatic heterocycles. The molecule has 0 spiro atoms. The molecule has 3 aromatic rings. The van der Waals surface area contributed by atoms with Gasteiger partial charge in [-0.25, -0.2) is 4.98 Å². The van der Waals surface area contributed by atoms with E-state index < -0.39 is 0 Å². The lowest BCUT2D eigenvalue weighted by Gasteiger charge is -2.11. The number of ether oxygens (including phenoxy) is 2. The molecule has 1 saturated carbocycles. The van der Waals surface area contributed by atoms with Crippen LogP contribution in [-0.2, 0) is 11.3 Å². The highest BCUT2D eigenvalue weighted by atomic mass is 16.5. The molecule has 1 heterocycles. The largest absolute Gasteiger partial charge is 0.493 e. The van der Waals surface area contributed by atoms with Crippen molar-refractivity contribution >= 4 is 22.9 Å². The maximum absolute atomic E-state index is 12.8. The first-order valence-corrected chi connectivity index (χ1v) is 10.3. The number of carbonyl (C=O) groups is 1. The van der Waals surface area contributed by atoms with Crippen LogP contribution in [0.25, 0.3) is 11.0 Å². The molecular weight excluding hydrogens is 366 g/mol. The summed E-state index contributed by atoms with van der Waals surface area (Å²) < 4.78 is 13.2. The topological polar surface area (TPSA) is 65.4 Å². The zero-order valence-electron chi connectivity index (χ0n) is 16.8. The fourth-order valence-electron chi connectivity index (χ4n) is 3.24. The van der Waals surface area contributed by atoms with Crippen LogP contribution in [0.5, 0.6) is 5.75 Å². The first-order chi connectivity index (χ1) is 14.2. The van der Waals surface area contributed by atoms with Crippen molar-refractivity contribution in [2.75, 3.05) is 25.1 Å². The van der Waals surface area contributed by atoms with Gasteiger partial charge in [-0.2, -0.15) is 0 Å². The summed E-state index contributed by atoms with van der Waals surface area (Å²) in [6.45, 7) is 4.86. The molecule has 1 N–H and O–H groups in total. The number of carbonyl (C=O) groups excluding carboxylic acids is 1. The second-order valence-electron chi connectivity index (χ2n) is 7.36. The predicted octanol–water partition coefficient (Wildman–Crippen LogP) is 4.50. The number of anilines is 1. The van der Waals surface area contributed by atoms with Gasteiger partial charge in [0, 0.05) is 25.3 Å². The van der Waals surface area contributed by atoms with Crippen LogP contribution in [0.4, 0.5) is 5.95 Å². The Bertz CT molecular complexity index is 961. The molecule has 6 nitrogen and oxygen atoms in total. The van der Waals surface area contributed by atoms with E-state index in [2.05, 4.69) is 10.3 Å². The fraction of sp³-hybridized carbons (Fsp3) is 0.391. The van der Waals surface area contributed by atoms with Gasteiger partial charge in [-0.15, -0.1) is 0 Å². The Morgan fingerprint density at radius 3 is 2.72 bits per heavy atom. The van der Waals surface area contributed by atoms with Crippen molar-refractivity contribution in [1.29, 1.82) is 0 Å². The number of aryl methyl sites for hydroxylation is 1. The van der Waals surface area contributed by atoms with Crippen molar-refractivity contribution in [3.63, 3.8) is 0 Å². The minimum absolute atomic E-state index is 0.180. The Balaban J connectivity index is 1.46. The van der Waals surface area contributed by atoms with Crippen LogP contribution in [0, 0.1) is 5.92 Å². The Labute approximate surface area is 170 Å². The van der Waals surface area contributed by atoms with Gasteiger partial charge in [0.05, 0.1) is 17.6 Å². The number of nitrogens with zero attached hydrogens (tertiary/aromatic N) is 2. The smallest absolute Gasteiger partial charge is 0.257 e.